The van der Waals surface area contributed by atoms with Crippen molar-refractivity contribution in [2.75, 3.05) is 19.0 Å². The number of nitrogens with zero attached hydrogens (tertiary/aromatic N) is 1. The molecule has 0 spiro atoms. The van der Waals surface area contributed by atoms with Gasteiger partial charge in [0, 0.05) is 41.7 Å². The van der Waals surface area contributed by atoms with E-state index in [0.717, 1.165) is 41.8 Å². The van der Waals surface area contributed by atoms with Crippen molar-refractivity contribution in [2.24, 2.45) is 5.92 Å². The molecule has 2 atom stereocenters. The van der Waals surface area contributed by atoms with Crippen molar-refractivity contribution in [3.05, 3.63) is 74.5 Å². The molecular formula is C31H35BrN4O4. The van der Waals surface area contributed by atoms with Crippen LogP contribution in [0.1, 0.15) is 63.5 Å². The number of nitrogens with one attached hydrogen (secondary N) is 3. The van der Waals surface area contributed by atoms with Crippen molar-refractivity contribution in [3.8, 4) is 17.6 Å². The molecule has 0 fully saturated rings. The van der Waals surface area contributed by atoms with Crippen LogP contribution in [0.5, 0.6) is 11.5 Å². The Morgan fingerprint density at radius 3 is 2.67 bits per heavy atom. The monoisotopic (exact) mass is 606 g/mol. The predicted molar refractivity (Wildman–Crippen MR) is 158 cm³/mol. The van der Waals surface area contributed by atoms with Crippen molar-refractivity contribution in [1.29, 1.82) is 5.26 Å². The summed E-state index contributed by atoms with van der Waals surface area (Å²) in [4.78, 5) is 25.4. The van der Waals surface area contributed by atoms with E-state index < -0.39 is 5.92 Å². The van der Waals surface area contributed by atoms with E-state index in [1.807, 2.05) is 50.2 Å². The molecule has 2 unspecified atom stereocenters. The Bertz CT molecular complexity index is 1410. The summed E-state index contributed by atoms with van der Waals surface area (Å²) >= 11 is 3.67. The molecule has 9 heteroatoms. The van der Waals surface area contributed by atoms with Gasteiger partial charge < -0.3 is 25.4 Å². The molecule has 0 aromatic heterocycles. The number of nitriles is 1. The number of anilines is 1. The van der Waals surface area contributed by atoms with Crippen molar-refractivity contribution in [2.45, 2.75) is 59.0 Å². The second kappa shape index (κ2) is 13.1. The van der Waals surface area contributed by atoms with Gasteiger partial charge in [0.25, 0.3) is 0 Å². The molecule has 0 bridgehead atoms. The van der Waals surface area contributed by atoms with Crippen molar-refractivity contribution < 1.29 is 19.1 Å². The number of dihydropyridines is 1. The molecule has 3 N–H and O–H groups in total. The molecule has 0 saturated heterocycles. The standard InChI is InChI=1S/C31H35BrN4O4/c1-5-9-19-12-25-29(26(37)13-19)28(22(16-33)18(3)35-25)21-14-23(32)30(27(15-21)39-6-2)40-17-20-10-7-8-11-24(20)36-31(38)34-4/h7-8,10-11,14-15,19,28,35H,5-6,9,12-13,17H2,1-4H3,(H2,34,36,38). The lowest BCUT2D eigenvalue weighted by Gasteiger charge is -2.35. The summed E-state index contributed by atoms with van der Waals surface area (Å²) in [6.07, 6.45) is 3.32. The smallest absolute Gasteiger partial charge is 0.318 e. The van der Waals surface area contributed by atoms with Gasteiger partial charge in [-0.15, -0.1) is 0 Å². The number of halogens is 1. The van der Waals surface area contributed by atoms with E-state index in [1.165, 1.54) is 0 Å². The van der Waals surface area contributed by atoms with Gasteiger partial charge in [0.15, 0.2) is 17.3 Å². The molecule has 4 rings (SSSR count). The number of allylic oxidation sites excluding steroid dienone is 4. The van der Waals surface area contributed by atoms with E-state index in [9.17, 15) is 14.9 Å². The minimum Gasteiger partial charge on any atom is -0.490 e. The molecule has 0 saturated carbocycles. The van der Waals surface area contributed by atoms with Crippen LogP contribution in [0.3, 0.4) is 0 Å². The molecular weight excluding hydrogens is 572 g/mol. The van der Waals surface area contributed by atoms with E-state index in [0.29, 0.717) is 51.8 Å². The molecule has 1 aliphatic carbocycles. The highest BCUT2D eigenvalue weighted by Gasteiger charge is 2.39. The Hall–Kier alpha value is -3.77. The zero-order valence-electron chi connectivity index (χ0n) is 23.3. The van der Waals surface area contributed by atoms with Crippen LogP contribution in [-0.2, 0) is 11.4 Å². The van der Waals surface area contributed by atoms with Crippen LogP contribution >= 0.6 is 15.9 Å². The Morgan fingerprint density at radius 2 is 1.98 bits per heavy atom. The minimum absolute atomic E-state index is 0.0899. The summed E-state index contributed by atoms with van der Waals surface area (Å²) in [5.41, 5.74) is 5.11. The SMILES string of the molecule is CCCC1CC(=O)C2=C(C1)NC(C)=C(C#N)C2c1cc(Br)c(OCc2ccccc2NC(=O)NC)c(OCC)c1. The third kappa shape index (κ3) is 6.18. The fourth-order valence-electron chi connectivity index (χ4n) is 5.47. The third-order valence-electron chi connectivity index (χ3n) is 7.26. The summed E-state index contributed by atoms with van der Waals surface area (Å²) in [6.45, 7) is 6.50. The molecule has 0 radical (unpaired) electrons. The number of ketones is 1. The Balaban J connectivity index is 1.71. The summed E-state index contributed by atoms with van der Waals surface area (Å²) in [5, 5.41) is 18.9. The van der Waals surface area contributed by atoms with Gasteiger partial charge in [-0.25, -0.2) is 4.79 Å². The zero-order chi connectivity index (χ0) is 28.8. The fraction of sp³-hybridized carbons (Fsp3) is 0.387. The summed E-state index contributed by atoms with van der Waals surface area (Å²) in [7, 11) is 1.56. The lowest BCUT2D eigenvalue weighted by molar-refractivity contribution is -0.117. The summed E-state index contributed by atoms with van der Waals surface area (Å²) in [6, 6.07) is 13.2. The van der Waals surface area contributed by atoms with Crippen LogP contribution in [0, 0.1) is 17.2 Å². The number of benzene rings is 2. The number of amides is 2. The first kappa shape index (κ1) is 29.2. The molecule has 40 heavy (non-hydrogen) atoms. The first-order chi connectivity index (χ1) is 19.3. The lowest BCUT2D eigenvalue weighted by Crippen LogP contribution is -2.34. The van der Waals surface area contributed by atoms with Crippen molar-refractivity contribution in [1.82, 2.24) is 10.6 Å². The van der Waals surface area contributed by atoms with E-state index >= 15 is 0 Å². The Labute approximate surface area is 243 Å². The van der Waals surface area contributed by atoms with Gasteiger partial charge in [0.05, 0.1) is 28.6 Å². The van der Waals surface area contributed by atoms with Gasteiger partial charge in [0.2, 0.25) is 0 Å². The number of carbonyl (C=O) groups excluding carboxylic acids is 2. The quantitative estimate of drug-likeness (QED) is 0.293. The highest BCUT2D eigenvalue weighted by molar-refractivity contribution is 9.10. The number of hydrogen-bond acceptors (Lipinski definition) is 6. The van der Waals surface area contributed by atoms with Crippen LogP contribution in [0.15, 0.2) is 63.4 Å². The van der Waals surface area contributed by atoms with Gasteiger partial charge in [-0.05, 0) is 72.3 Å². The van der Waals surface area contributed by atoms with Gasteiger partial charge >= 0.3 is 6.03 Å². The molecule has 2 aliphatic rings. The Morgan fingerprint density at radius 1 is 1.20 bits per heavy atom. The topological polar surface area (TPSA) is 112 Å². The number of ether oxygens (including phenoxy) is 2. The minimum atomic E-state index is -0.488. The Kier molecular flexibility index (Phi) is 9.54. The van der Waals surface area contributed by atoms with Gasteiger partial charge in [0.1, 0.15) is 6.61 Å². The van der Waals surface area contributed by atoms with Gasteiger partial charge in [-0.3, -0.25) is 4.79 Å². The van der Waals surface area contributed by atoms with Crippen molar-refractivity contribution in [3.63, 3.8) is 0 Å². The average Bonchev–Trinajstić information content (AvgIpc) is 2.92. The maximum atomic E-state index is 13.5. The molecule has 1 heterocycles. The maximum absolute atomic E-state index is 13.5. The second-order valence-corrected chi connectivity index (χ2v) is 10.9. The van der Waals surface area contributed by atoms with Crippen LogP contribution in [0.25, 0.3) is 0 Å². The van der Waals surface area contributed by atoms with E-state index in [2.05, 4.69) is 44.9 Å². The molecule has 1 aliphatic heterocycles. The summed E-state index contributed by atoms with van der Waals surface area (Å²) < 4.78 is 12.9. The molecule has 8 nitrogen and oxygen atoms in total. The third-order valence-corrected chi connectivity index (χ3v) is 7.85. The largest absolute Gasteiger partial charge is 0.490 e. The highest BCUT2D eigenvalue weighted by atomic mass is 79.9. The second-order valence-electron chi connectivity index (χ2n) is 10.00. The first-order valence-corrected chi connectivity index (χ1v) is 14.4. The summed E-state index contributed by atoms with van der Waals surface area (Å²) in [5.74, 6) is 0.917. The van der Waals surface area contributed by atoms with Crippen LogP contribution in [0.2, 0.25) is 0 Å². The van der Waals surface area contributed by atoms with Gasteiger partial charge in [-0.2, -0.15) is 5.26 Å². The molecule has 210 valence electrons. The number of urea groups is 1. The zero-order valence-corrected chi connectivity index (χ0v) is 24.9. The van der Waals surface area contributed by atoms with Crippen LogP contribution in [-0.4, -0.2) is 25.5 Å². The van der Waals surface area contributed by atoms with E-state index in [-0.39, 0.29) is 18.4 Å². The van der Waals surface area contributed by atoms with E-state index in [4.69, 9.17) is 9.47 Å². The highest BCUT2D eigenvalue weighted by Crippen LogP contribution is 2.47. The molecule has 2 aromatic rings. The number of carbonyl (C=O) groups is 2. The van der Waals surface area contributed by atoms with Crippen molar-refractivity contribution >= 4 is 33.4 Å². The average molecular weight is 608 g/mol. The van der Waals surface area contributed by atoms with E-state index in [1.54, 1.807) is 7.05 Å². The number of para-hydroxylation sites is 1. The number of Topliss-reactive ketones (excluding diaryl/α,β-unsaturated/α-hetero) is 1. The lowest BCUT2D eigenvalue weighted by atomic mass is 9.72. The predicted octanol–water partition coefficient (Wildman–Crippen LogP) is 6.70. The normalized spacial score (nSPS) is 18.4. The molecule has 2 aromatic carbocycles. The number of rotatable bonds is 9. The molecule has 2 amide bonds. The van der Waals surface area contributed by atoms with Gasteiger partial charge in [-0.1, -0.05) is 31.5 Å². The fourth-order valence-corrected chi connectivity index (χ4v) is 6.05. The first-order valence-electron chi connectivity index (χ1n) is 13.6. The van der Waals surface area contributed by atoms with Crippen LogP contribution < -0.4 is 25.4 Å². The maximum Gasteiger partial charge on any atom is 0.318 e. The number of hydrogen-bond donors (Lipinski definition) is 3. The van der Waals surface area contributed by atoms with Crippen LogP contribution in [0.4, 0.5) is 10.5 Å².